The Kier molecular flexibility index (Phi) is 6.27. The third kappa shape index (κ3) is 4.59. The first-order chi connectivity index (χ1) is 17.2. The van der Waals surface area contributed by atoms with E-state index in [1.807, 2.05) is 55.5 Å². The van der Waals surface area contributed by atoms with Crippen LogP contribution in [0.15, 0.2) is 85.1 Å². The Morgan fingerprint density at radius 3 is 2.36 bits per heavy atom. The summed E-state index contributed by atoms with van der Waals surface area (Å²) < 4.78 is 28.4. The van der Waals surface area contributed by atoms with E-state index in [1.54, 1.807) is 12.3 Å². The first-order valence-electron chi connectivity index (χ1n) is 11.6. The molecule has 4 aromatic rings. The number of hydrogen-bond acceptors (Lipinski definition) is 4. The molecular formula is C27H27N5O2S2. The zero-order valence-electron chi connectivity index (χ0n) is 20.2. The molecule has 1 aliphatic rings. The largest absolute Gasteiger partial charge is 0.351 e. The molecule has 36 heavy (non-hydrogen) atoms. The highest BCUT2D eigenvalue weighted by Gasteiger charge is 2.42. The van der Waals surface area contributed by atoms with Crippen LogP contribution in [0.2, 0.25) is 0 Å². The van der Waals surface area contributed by atoms with E-state index < -0.39 is 10.0 Å². The van der Waals surface area contributed by atoms with Crippen molar-refractivity contribution >= 4 is 38.7 Å². The molecule has 2 aromatic carbocycles. The molecule has 7 nitrogen and oxygen atoms in total. The van der Waals surface area contributed by atoms with Crippen molar-refractivity contribution in [3.63, 3.8) is 0 Å². The van der Waals surface area contributed by atoms with E-state index in [2.05, 4.69) is 55.7 Å². The first kappa shape index (κ1) is 24.0. The molecule has 0 aliphatic carbocycles. The molecule has 3 heterocycles. The van der Waals surface area contributed by atoms with Gasteiger partial charge in [-0.1, -0.05) is 24.3 Å². The van der Waals surface area contributed by atoms with Crippen molar-refractivity contribution in [1.29, 1.82) is 0 Å². The number of benzene rings is 2. The number of aryl methyl sites for hydroxylation is 2. The summed E-state index contributed by atoms with van der Waals surface area (Å²) in [6.07, 6.45) is 2.94. The van der Waals surface area contributed by atoms with Gasteiger partial charge >= 0.3 is 0 Å². The summed E-state index contributed by atoms with van der Waals surface area (Å²) in [6.45, 7) is 3.97. The average molecular weight is 518 g/mol. The lowest BCUT2D eigenvalue weighted by Gasteiger charge is -2.30. The third-order valence-corrected chi connectivity index (χ3v) is 7.21. The zero-order chi connectivity index (χ0) is 25.4. The van der Waals surface area contributed by atoms with Crippen LogP contribution in [-0.2, 0) is 10.0 Å². The lowest BCUT2D eigenvalue weighted by molar-refractivity contribution is 0.548. The molecule has 0 saturated carbocycles. The number of sulfonamides is 1. The molecule has 0 bridgehead atoms. The van der Waals surface area contributed by atoms with Crippen LogP contribution in [0, 0.1) is 13.8 Å². The van der Waals surface area contributed by atoms with Gasteiger partial charge in [-0.2, -0.15) is 0 Å². The normalized spacial score (nSPS) is 17.8. The molecule has 0 spiro atoms. The number of pyridine rings is 1. The molecule has 1 aliphatic heterocycles. The maximum absolute atomic E-state index is 11.8. The minimum atomic E-state index is -3.39. The zero-order valence-corrected chi connectivity index (χ0v) is 21.8. The number of nitrogens with zero attached hydrogens (tertiary/aromatic N) is 3. The first-order valence-corrected chi connectivity index (χ1v) is 13.9. The van der Waals surface area contributed by atoms with E-state index in [0.29, 0.717) is 10.8 Å². The number of aromatic nitrogens is 2. The number of nitrogens with one attached hydrogen (secondary N) is 2. The second-order valence-electron chi connectivity index (χ2n) is 8.94. The lowest BCUT2D eigenvalue weighted by atomic mass is 10.0. The maximum atomic E-state index is 11.8. The van der Waals surface area contributed by atoms with Gasteiger partial charge in [0.25, 0.3) is 0 Å². The van der Waals surface area contributed by atoms with Gasteiger partial charge in [0.2, 0.25) is 10.0 Å². The Morgan fingerprint density at radius 2 is 1.69 bits per heavy atom. The molecule has 184 valence electrons. The second-order valence-corrected chi connectivity index (χ2v) is 11.1. The Balaban J connectivity index is 1.66. The highest BCUT2D eigenvalue weighted by atomic mass is 32.2. The van der Waals surface area contributed by atoms with E-state index in [4.69, 9.17) is 12.2 Å². The quantitative estimate of drug-likeness (QED) is 0.349. The van der Waals surface area contributed by atoms with E-state index in [0.717, 1.165) is 40.3 Å². The summed E-state index contributed by atoms with van der Waals surface area (Å²) in [4.78, 5) is 6.74. The number of anilines is 2. The van der Waals surface area contributed by atoms with Crippen molar-refractivity contribution in [2.75, 3.05) is 15.9 Å². The van der Waals surface area contributed by atoms with Crippen molar-refractivity contribution in [3.8, 4) is 5.69 Å². The molecule has 5 rings (SSSR count). The van der Waals surface area contributed by atoms with Gasteiger partial charge in [-0.05, 0) is 86.2 Å². The van der Waals surface area contributed by atoms with Crippen molar-refractivity contribution < 1.29 is 8.42 Å². The van der Waals surface area contributed by atoms with Crippen molar-refractivity contribution in [1.82, 2.24) is 14.9 Å². The van der Waals surface area contributed by atoms with Gasteiger partial charge in [-0.25, -0.2) is 8.42 Å². The number of thiocarbonyl (C=S) groups is 1. The molecule has 2 N–H and O–H groups in total. The van der Waals surface area contributed by atoms with Crippen LogP contribution in [0.5, 0.6) is 0 Å². The van der Waals surface area contributed by atoms with Gasteiger partial charge in [0.05, 0.1) is 23.7 Å². The molecule has 2 aromatic heterocycles. The second kappa shape index (κ2) is 9.40. The summed E-state index contributed by atoms with van der Waals surface area (Å²) in [5.74, 6) is 0. The molecule has 1 fully saturated rings. The van der Waals surface area contributed by atoms with Gasteiger partial charge in [-0.15, -0.1) is 0 Å². The topological polar surface area (TPSA) is 79.3 Å². The van der Waals surface area contributed by atoms with Gasteiger partial charge in [-0.3, -0.25) is 9.71 Å². The summed E-state index contributed by atoms with van der Waals surface area (Å²) in [5.41, 5.74) is 6.34. The Morgan fingerprint density at radius 1 is 0.944 bits per heavy atom. The van der Waals surface area contributed by atoms with E-state index >= 15 is 0 Å². The highest BCUT2D eigenvalue weighted by Crippen LogP contribution is 2.43. The predicted molar refractivity (Wildman–Crippen MR) is 148 cm³/mol. The van der Waals surface area contributed by atoms with Gasteiger partial charge in [0, 0.05) is 29.0 Å². The van der Waals surface area contributed by atoms with E-state index in [-0.39, 0.29) is 12.1 Å². The molecule has 0 unspecified atom stereocenters. The Hall–Kier alpha value is -3.69. The van der Waals surface area contributed by atoms with Crippen LogP contribution in [0.3, 0.4) is 0 Å². The molecular weight excluding hydrogens is 490 g/mol. The van der Waals surface area contributed by atoms with Crippen LogP contribution >= 0.6 is 12.2 Å². The Bertz CT molecular complexity index is 1520. The SMILES string of the molecule is Cc1cc(N2C(=S)N[C@H](c3ccccn3)[C@@H]2c2ccc(C)n2-c2ccccc2)ccc1NS(C)(=O)=O. The fourth-order valence-corrected chi connectivity index (χ4v) is 5.74. The predicted octanol–water partition coefficient (Wildman–Crippen LogP) is 5.04. The monoisotopic (exact) mass is 517 g/mol. The molecule has 9 heteroatoms. The fourth-order valence-electron chi connectivity index (χ4n) is 4.76. The smallest absolute Gasteiger partial charge is 0.229 e. The standard InChI is InChI=1S/C27H27N5O2S2/c1-18-17-21(13-14-22(18)30-36(3,33)34)32-26(25(29-27(32)35)23-11-7-8-16-28-23)24-15-12-19(2)31(24)20-9-5-4-6-10-20/h4-17,25-26,30H,1-3H3,(H,29,35)/t25-,26+/m1/s1. The number of para-hydroxylation sites is 1. The van der Waals surface area contributed by atoms with Gasteiger partial charge < -0.3 is 14.8 Å². The van der Waals surface area contributed by atoms with Gasteiger partial charge in [0.1, 0.15) is 6.04 Å². The van der Waals surface area contributed by atoms with Crippen molar-refractivity contribution in [3.05, 3.63) is 108 Å². The van der Waals surface area contributed by atoms with E-state index in [1.165, 1.54) is 0 Å². The van der Waals surface area contributed by atoms with Crippen molar-refractivity contribution in [2.24, 2.45) is 0 Å². The van der Waals surface area contributed by atoms with Gasteiger partial charge in [0.15, 0.2) is 5.11 Å². The number of hydrogen-bond donors (Lipinski definition) is 2. The molecule has 0 radical (unpaired) electrons. The van der Waals surface area contributed by atoms with Crippen LogP contribution in [0.1, 0.15) is 34.7 Å². The lowest BCUT2D eigenvalue weighted by Crippen LogP contribution is -2.30. The summed E-state index contributed by atoms with van der Waals surface area (Å²) in [6, 6.07) is 25.6. The maximum Gasteiger partial charge on any atom is 0.229 e. The molecule has 1 saturated heterocycles. The van der Waals surface area contributed by atoms with E-state index in [9.17, 15) is 8.42 Å². The minimum absolute atomic E-state index is 0.190. The van der Waals surface area contributed by atoms with Crippen LogP contribution < -0.4 is 14.9 Å². The average Bonchev–Trinajstić information content (AvgIpc) is 3.40. The molecule has 0 amide bonds. The fraction of sp³-hybridized carbons (Fsp3) is 0.185. The Labute approximate surface area is 216 Å². The van der Waals surface area contributed by atoms with Crippen LogP contribution in [0.4, 0.5) is 11.4 Å². The van der Waals surface area contributed by atoms with Crippen LogP contribution in [0.25, 0.3) is 5.69 Å². The number of rotatable bonds is 6. The molecule has 2 atom stereocenters. The van der Waals surface area contributed by atoms with Crippen LogP contribution in [-0.4, -0.2) is 29.3 Å². The summed E-state index contributed by atoms with van der Waals surface area (Å²) in [5, 5.41) is 4.08. The summed E-state index contributed by atoms with van der Waals surface area (Å²) >= 11 is 5.87. The third-order valence-electron chi connectivity index (χ3n) is 6.31. The summed E-state index contributed by atoms with van der Waals surface area (Å²) in [7, 11) is -3.39. The highest BCUT2D eigenvalue weighted by molar-refractivity contribution is 7.92. The minimum Gasteiger partial charge on any atom is -0.351 e. The van der Waals surface area contributed by atoms with Crippen molar-refractivity contribution in [2.45, 2.75) is 25.9 Å².